The number of rotatable bonds is 10. The second-order valence-electron chi connectivity index (χ2n) is 9.21. The van der Waals surface area contributed by atoms with E-state index in [1.807, 2.05) is 60.7 Å². The van der Waals surface area contributed by atoms with Crippen molar-refractivity contribution in [2.24, 2.45) is 0 Å². The lowest BCUT2D eigenvalue weighted by molar-refractivity contribution is 0.0469. The number of aromatic hydroxyl groups is 1. The third-order valence-electron chi connectivity index (χ3n) is 6.90. The fourth-order valence-corrected chi connectivity index (χ4v) is 4.78. The maximum Gasteiger partial charge on any atom is 0.166 e. The van der Waals surface area contributed by atoms with Crippen LogP contribution >= 0.6 is 0 Å². The molecule has 6 heteroatoms. The number of benzene rings is 3. The first-order chi connectivity index (χ1) is 17.0. The third-order valence-corrected chi connectivity index (χ3v) is 6.90. The Balaban J connectivity index is 1.25. The molecule has 1 saturated heterocycles. The number of phenolic OH excluding ortho intramolecular Hbond substituents is 1. The van der Waals surface area contributed by atoms with E-state index in [2.05, 4.69) is 9.80 Å². The first-order valence-electron chi connectivity index (χ1n) is 12.3. The summed E-state index contributed by atoms with van der Waals surface area (Å²) < 4.78 is 13.1. The molecule has 184 valence electrons. The average molecular weight is 477 g/mol. The molecule has 0 spiro atoms. The van der Waals surface area contributed by atoms with Gasteiger partial charge in [0.05, 0.1) is 5.56 Å². The number of carbonyl (C=O) groups excluding carboxylic acids is 1. The van der Waals surface area contributed by atoms with Gasteiger partial charge in [-0.25, -0.2) is 4.39 Å². The molecular formula is C29H33FN2O3. The highest BCUT2D eigenvalue weighted by Crippen LogP contribution is 2.33. The molecule has 2 N–H and O–H groups in total. The second-order valence-corrected chi connectivity index (χ2v) is 9.21. The first kappa shape index (κ1) is 25.0. The van der Waals surface area contributed by atoms with E-state index in [0.717, 1.165) is 56.5 Å². The standard InChI is InChI=1S/C29H33FN2O3/c30-25-13-14-26(28(34)22-25)27(33)12-7-16-31-18-20-32(21-19-31)17-15-29(35,23-8-3-1-4-9-23)24-10-5-2-6-11-24/h1-6,8-11,13-14,22,34-35H,7,12,15-21H2. The summed E-state index contributed by atoms with van der Waals surface area (Å²) in [5, 5.41) is 21.5. The van der Waals surface area contributed by atoms with Gasteiger partial charge in [-0.05, 0) is 42.6 Å². The zero-order chi connectivity index (χ0) is 24.7. The minimum absolute atomic E-state index is 0.165. The molecule has 0 radical (unpaired) electrons. The van der Waals surface area contributed by atoms with E-state index < -0.39 is 11.4 Å². The zero-order valence-electron chi connectivity index (χ0n) is 19.9. The van der Waals surface area contributed by atoms with Crippen LogP contribution in [0, 0.1) is 5.82 Å². The van der Waals surface area contributed by atoms with Gasteiger partial charge in [-0.1, -0.05) is 60.7 Å². The van der Waals surface area contributed by atoms with Crippen LogP contribution in [-0.4, -0.2) is 65.1 Å². The molecule has 0 unspecified atom stereocenters. The maximum absolute atomic E-state index is 13.1. The van der Waals surface area contributed by atoms with E-state index in [1.165, 1.54) is 12.1 Å². The number of nitrogens with zero attached hydrogens (tertiary/aromatic N) is 2. The number of halogens is 1. The maximum atomic E-state index is 13.1. The lowest BCUT2D eigenvalue weighted by Gasteiger charge is -2.37. The van der Waals surface area contributed by atoms with E-state index in [0.29, 0.717) is 19.3 Å². The first-order valence-corrected chi connectivity index (χ1v) is 12.3. The third kappa shape index (κ3) is 6.34. The fourth-order valence-electron chi connectivity index (χ4n) is 4.78. The highest BCUT2D eigenvalue weighted by atomic mass is 19.1. The van der Waals surface area contributed by atoms with Gasteiger partial charge in [0.1, 0.15) is 17.2 Å². The molecule has 5 nitrogen and oxygen atoms in total. The van der Waals surface area contributed by atoms with Crippen LogP contribution in [0.2, 0.25) is 0 Å². The highest BCUT2D eigenvalue weighted by molar-refractivity contribution is 5.98. The lowest BCUT2D eigenvalue weighted by Crippen LogP contribution is -2.47. The van der Waals surface area contributed by atoms with Crippen LogP contribution < -0.4 is 0 Å². The highest BCUT2D eigenvalue weighted by Gasteiger charge is 2.32. The van der Waals surface area contributed by atoms with Crippen molar-refractivity contribution in [3.05, 3.63) is 101 Å². The van der Waals surface area contributed by atoms with Crippen LogP contribution in [0.25, 0.3) is 0 Å². The van der Waals surface area contributed by atoms with Crippen molar-refractivity contribution in [2.75, 3.05) is 39.3 Å². The molecule has 3 aromatic rings. The summed E-state index contributed by atoms with van der Waals surface area (Å²) in [6.07, 6.45) is 1.62. The van der Waals surface area contributed by atoms with Crippen molar-refractivity contribution in [3.8, 4) is 5.75 Å². The number of piperazine rings is 1. The average Bonchev–Trinajstić information content (AvgIpc) is 2.89. The molecule has 0 atom stereocenters. The molecule has 4 rings (SSSR count). The van der Waals surface area contributed by atoms with Gasteiger partial charge in [0, 0.05) is 45.2 Å². The Hall–Kier alpha value is -3.06. The van der Waals surface area contributed by atoms with Gasteiger partial charge in [-0.2, -0.15) is 0 Å². The van der Waals surface area contributed by atoms with Gasteiger partial charge in [0.2, 0.25) is 0 Å². The topological polar surface area (TPSA) is 64.0 Å². The molecule has 1 aliphatic rings. The van der Waals surface area contributed by atoms with Gasteiger partial charge in [-0.15, -0.1) is 0 Å². The molecule has 1 heterocycles. The van der Waals surface area contributed by atoms with Crippen molar-refractivity contribution in [1.29, 1.82) is 0 Å². The van der Waals surface area contributed by atoms with Crippen LogP contribution in [0.4, 0.5) is 4.39 Å². The molecule has 1 fully saturated rings. The molecule has 0 amide bonds. The molecular weight excluding hydrogens is 443 g/mol. The Bertz CT molecular complexity index is 1060. The molecule has 0 bridgehead atoms. The number of hydrogen-bond acceptors (Lipinski definition) is 5. The summed E-state index contributed by atoms with van der Waals surface area (Å²) in [7, 11) is 0. The van der Waals surface area contributed by atoms with Crippen molar-refractivity contribution in [2.45, 2.75) is 24.9 Å². The quantitative estimate of drug-likeness (QED) is 0.424. The van der Waals surface area contributed by atoms with E-state index in [4.69, 9.17) is 0 Å². The largest absolute Gasteiger partial charge is 0.507 e. The number of aliphatic hydroxyl groups is 1. The number of hydrogen-bond donors (Lipinski definition) is 2. The predicted molar refractivity (Wildman–Crippen MR) is 135 cm³/mol. The van der Waals surface area contributed by atoms with Crippen molar-refractivity contribution < 1.29 is 19.4 Å². The summed E-state index contributed by atoms with van der Waals surface area (Å²) in [5.74, 6) is -1.01. The van der Waals surface area contributed by atoms with Crippen molar-refractivity contribution >= 4 is 5.78 Å². The Kier molecular flexibility index (Phi) is 8.29. The van der Waals surface area contributed by atoms with E-state index in [9.17, 15) is 19.4 Å². The Morgan fingerprint density at radius 2 is 1.37 bits per heavy atom. The molecule has 1 aliphatic heterocycles. The van der Waals surface area contributed by atoms with E-state index in [1.54, 1.807) is 0 Å². The Morgan fingerprint density at radius 3 is 1.91 bits per heavy atom. The van der Waals surface area contributed by atoms with Crippen molar-refractivity contribution in [1.82, 2.24) is 9.80 Å². The Morgan fingerprint density at radius 1 is 0.829 bits per heavy atom. The molecule has 0 saturated carbocycles. The summed E-state index contributed by atoms with van der Waals surface area (Å²) in [6.45, 7) is 5.23. The minimum Gasteiger partial charge on any atom is -0.507 e. The molecule has 0 aliphatic carbocycles. The number of carbonyl (C=O) groups is 1. The number of Topliss-reactive ketones (excluding diaryl/α,β-unsaturated/α-hetero) is 1. The molecule has 35 heavy (non-hydrogen) atoms. The van der Waals surface area contributed by atoms with Crippen LogP contribution in [-0.2, 0) is 5.60 Å². The summed E-state index contributed by atoms with van der Waals surface area (Å²) >= 11 is 0. The molecule has 0 aromatic heterocycles. The lowest BCUT2D eigenvalue weighted by atomic mass is 9.83. The van der Waals surface area contributed by atoms with Gasteiger partial charge in [0.15, 0.2) is 5.78 Å². The van der Waals surface area contributed by atoms with Gasteiger partial charge in [0.25, 0.3) is 0 Å². The smallest absolute Gasteiger partial charge is 0.166 e. The van der Waals surface area contributed by atoms with Crippen LogP contribution in [0.5, 0.6) is 5.75 Å². The van der Waals surface area contributed by atoms with Crippen molar-refractivity contribution in [3.63, 3.8) is 0 Å². The number of phenols is 1. The van der Waals surface area contributed by atoms with Crippen LogP contribution in [0.1, 0.15) is 40.7 Å². The SMILES string of the molecule is O=C(CCCN1CCN(CCC(O)(c2ccccc2)c2ccccc2)CC1)c1ccc(F)cc1O. The summed E-state index contributed by atoms with van der Waals surface area (Å²) in [6, 6.07) is 23.2. The van der Waals surface area contributed by atoms with Gasteiger partial charge >= 0.3 is 0 Å². The summed E-state index contributed by atoms with van der Waals surface area (Å²) in [5.41, 5.74) is 0.954. The van der Waals surface area contributed by atoms with Crippen LogP contribution in [0.3, 0.4) is 0 Å². The normalized spacial score (nSPS) is 15.3. The van der Waals surface area contributed by atoms with E-state index >= 15 is 0 Å². The Labute approximate surface area is 206 Å². The molecule has 3 aromatic carbocycles. The van der Waals surface area contributed by atoms with Crippen LogP contribution in [0.15, 0.2) is 78.9 Å². The number of ketones is 1. The zero-order valence-corrected chi connectivity index (χ0v) is 19.9. The summed E-state index contributed by atoms with van der Waals surface area (Å²) in [4.78, 5) is 17.1. The fraction of sp³-hybridized carbons (Fsp3) is 0.345. The predicted octanol–water partition coefficient (Wildman–Crippen LogP) is 4.44. The van der Waals surface area contributed by atoms with E-state index in [-0.39, 0.29) is 17.1 Å². The van der Waals surface area contributed by atoms with Gasteiger partial charge in [-0.3, -0.25) is 4.79 Å². The minimum atomic E-state index is -1.04. The second kappa shape index (κ2) is 11.6. The van der Waals surface area contributed by atoms with Gasteiger partial charge < -0.3 is 20.0 Å². The monoisotopic (exact) mass is 476 g/mol.